The molecule has 174 valence electrons. The van der Waals surface area contributed by atoms with E-state index in [2.05, 4.69) is 11.1 Å². The molecule has 1 heterocycles. The Morgan fingerprint density at radius 3 is 2.56 bits per heavy atom. The molecule has 3 aromatic rings. The van der Waals surface area contributed by atoms with Crippen molar-refractivity contribution in [3.05, 3.63) is 94.0 Å². The Balaban J connectivity index is 1.71. The average molecular weight is 475 g/mol. The second kappa shape index (κ2) is 8.72. The quantitative estimate of drug-likeness (QED) is 0.532. The van der Waals surface area contributed by atoms with Crippen molar-refractivity contribution in [3.8, 4) is 0 Å². The summed E-state index contributed by atoms with van der Waals surface area (Å²) in [5.74, 6) is -0.591. The van der Waals surface area contributed by atoms with Crippen molar-refractivity contribution >= 4 is 32.6 Å². The van der Waals surface area contributed by atoms with Gasteiger partial charge in [-0.25, -0.2) is 22.5 Å². The zero-order valence-corrected chi connectivity index (χ0v) is 19.8. The number of benzene rings is 2. The maximum Gasteiger partial charge on any atom is 0.331 e. The van der Waals surface area contributed by atoms with E-state index in [0.717, 1.165) is 40.3 Å². The molecule has 7 heteroatoms. The van der Waals surface area contributed by atoms with Gasteiger partial charge in [-0.05, 0) is 61.6 Å². The summed E-state index contributed by atoms with van der Waals surface area (Å²) in [6, 6.07) is 15.5. The second-order valence-electron chi connectivity index (χ2n) is 8.83. The molecule has 0 radical (unpaired) electrons. The highest BCUT2D eigenvalue weighted by Gasteiger charge is 2.38. The second-order valence-corrected chi connectivity index (χ2v) is 10.7. The molecular weight excluding hydrogens is 448 g/mol. The van der Waals surface area contributed by atoms with Crippen molar-refractivity contribution in [2.24, 2.45) is 0 Å². The van der Waals surface area contributed by atoms with Crippen LogP contribution in [-0.2, 0) is 21.2 Å². The molecule has 5 rings (SSSR count). The van der Waals surface area contributed by atoms with Crippen molar-refractivity contribution in [1.29, 1.82) is 0 Å². The van der Waals surface area contributed by atoms with Crippen molar-refractivity contribution in [1.82, 2.24) is 4.98 Å². The van der Waals surface area contributed by atoms with E-state index in [9.17, 15) is 18.3 Å². The number of carboxylic acids is 1. The summed E-state index contributed by atoms with van der Waals surface area (Å²) < 4.78 is 29.9. The van der Waals surface area contributed by atoms with Gasteiger partial charge in [0, 0.05) is 22.7 Å². The number of hydrogen-bond acceptors (Lipinski definition) is 4. The van der Waals surface area contributed by atoms with Gasteiger partial charge < -0.3 is 5.11 Å². The number of nitrogens with zero attached hydrogens (tertiary/aromatic N) is 2. The number of allylic oxidation sites excluding steroid dienone is 3. The van der Waals surface area contributed by atoms with Crippen LogP contribution in [0.3, 0.4) is 0 Å². The van der Waals surface area contributed by atoms with Crippen LogP contribution in [0.2, 0.25) is 0 Å². The third kappa shape index (κ3) is 3.80. The average Bonchev–Trinajstić information content (AvgIpc) is 2.86. The molecule has 1 aromatic heterocycles. The molecule has 0 saturated carbocycles. The predicted octanol–water partition coefficient (Wildman–Crippen LogP) is 5.45. The number of fused-ring (bicyclic) bond motifs is 2. The van der Waals surface area contributed by atoms with Crippen molar-refractivity contribution in [2.45, 2.75) is 45.1 Å². The molecule has 0 spiro atoms. The molecular formula is C27H26N2O4S. The van der Waals surface area contributed by atoms with Gasteiger partial charge in [0.25, 0.3) is 10.0 Å². The number of pyridine rings is 1. The van der Waals surface area contributed by atoms with E-state index in [4.69, 9.17) is 0 Å². The van der Waals surface area contributed by atoms with Crippen molar-refractivity contribution < 1.29 is 18.3 Å². The number of aromatic nitrogens is 1. The van der Waals surface area contributed by atoms with Gasteiger partial charge in [-0.3, -0.25) is 0 Å². The fourth-order valence-corrected chi connectivity index (χ4v) is 6.88. The maximum atomic E-state index is 14.2. The van der Waals surface area contributed by atoms with Gasteiger partial charge in [0.1, 0.15) is 5.82 Å². The normalized spacial score (nSPS) is 18.1. The van der Waals surface area contributed by atoms with Crippen molar-refractivity contribution in [3.63, 3.8) is 0 Å². The Kier molecular flexibility index (Phi) is 5.73. The minimum atomic E-state index is -3.97. The first-order chi connectivity index (χ1) is 16.4. The Labute approximate surface area is 199 Å². The van der Waals surface area contributed by atoms with Crippen molar-refractivity contribution in [2.75, 3.05) is 4.31 Å². The number of rotatable bonds is 5. The summed E-state index contributed by atoms with van der Waals surface area (Å²) in [5.41, 5.74) is 3.18. The van der Waals surface area contributed by atoms with E-state index in [1.807, 2.05) is 49.4 Å². The van der Waals surface area contributed by atoms with E-state index in [-0.39, 0.29) is 29.4 Å². The van der Waals surface area contributed by atoms with Crippen LogP contribution in [0.25, 0.3) is 10.8 Å². The third-order valence-corrected chi connectivity index (χ3v) is 8.78. The van der Waals surface area contributed by atoms with E-state index in [1.165, 1.54) is 16.5 Å². The van der Waals surface area contributed by atoms with Gasteiger partial charge in [0.15, 0.2) is 0 Å². The van der Waals surface area contributed by atoms with Crippen LogP contribution in [0.5, 0.6) is 0 Å². The fourth-order valence-electron chi connectivity index (χ4n) is 5.06. The summed E-state index contributed by atoms with van der Waals surface area (Å²) in [4.78, 5) is 16.2. The predicted molar refractivity (Wildman–Crippen MR) is 133 cm³/mol. The molecule has 2 aliphatic carbocycles. The first-order valence-corrected chi connectivity index (χ1v) is 12.9. The van der Waals surface area contributed by atoms with E-state index in [0.29, 0.717) is 12.2 Å². The molecule has 2 aromatic carbocycles. The van der Waals surface area contributed by atoms with Crippen LogP contribution in [0, 0.1) is 6.92 Å². The Morgan fingerprint density at radius 1 is 1.03 bits per heavy atom. The van der Waals surface area contributed by atoms with Crippen LogP contribution >= 0.6 is 0 Å². The van der Waals surface area contributed by atoms with Crippen LogP contribution in [0.4, 0.5) is 5.82 Å². The Bertz CT molecular complexity index is 1460. The van der Waals surface area contributed by atoms with Gasteiger partial charge >= 0.3 is 5.97 Å². The summed E-state index contributed by atoms with van der Waals surface area (Å²) in [5, 5.41) is 11.2. The van der Waals surface area contributed by atoms with E-state index >= 15 is 0 Å². The highest BCUT2D eigenvalue weighted by atomic mass is 32.2. The summed E-state index contributed by atoms with van der Waals surface area (Å²) in [6.07, 6.45) is 7.39. The smallest absolute Gasteiger partial charge is 0.331 e. The van der Waals surface area contributed by atoms with E-state index in [1.54, 1.807) is 6.20 Å². The minimum Gasteiger partial charge on any atom is -0.478 e. The molecule has 0 saturated heterocycles. The first-order valence-electron chi connectivity index (χ1n) is 11.5. The van der Waals surface area contributed by atoms with Crippen LogP contribution < -0.4 is 4.31 Å². The summed E-state index contributed by atoms with van der Waals surface area (Å²) in [6.45, 7) is 1.92. The SMILES string of the molecule is Cc1c(N(C2CCCc3ccccc32)S(=O)(=O)C2=CC=C(C(=O)O)CC2)ncc2ccccc12. The van der Waals surface area contributed by atoms with Crippen LogP contribution in [-0.4, -0.2) is 24.5 Å². The lowest BCUT2D eigenvalue weighted by Gasteiger charge is -2.37. The zero-order valence-electron chi connectivity index (χ0n) is 18.9. The fraction of sp³-hybridized carbons (Fsp3) is 0.259. The van der Waals surface area contributed by atoms with Gasteiger partial charge in [0.2, 0.25) is 0 Å². The number of carbonyl (C=O) groups is 1. The number of aliphatic carboxylic acids is 1. The molecule has 0 amide bonds. The third-order valence-electron chi connectivity index (χ3n) is 6.83. The minimum absolute atomic E-state index is 0.151. The number of anilines is 1. The highest BCUT2D eigenvalue weighted by molar-refractivity contribution is 7.96. The van der Waals surface area contributed by atoms with E-state index < -0.39 is 16.0 Å². The number of hydrogen-bond donors (Lipinski definition) is 1. The highest BCUT2D eigenvalue weighted by Crippen LogP contribution is 2.42. The molecule has 1 N–H and O–H groups in total. The maximum absolute atomic E-state index is 14.2. The molecule has 2 aliphatic rings. The topological polar surface area (TPSA) is 87.6 Å². The molecule has 34 heavy (non-hydrogen) atoms. The van der Waals surface area contributed by atoms with Gasteiger partial charge in [-0.1, -0.05) is 54.6 Å². The number of carboxylic acid groups (broad SMARTS) is 1. The molecule has 1 atom stereocenters. The molecule has 0 fully saturated rings. The standard InChI is InChI=1S/C27H26N2O4S/c1-18-23-10-4-3-8-21(23)17-28-26(18)29(25-12-6-9-19-7-2-5-11-24(19)25)34(32,33)22-15-13-20(14-16-22)27(30)31/h2-5,7-8,10-11,13,15,17,25H,6,9,12,14,16H2,1H3,(H,30,31). The molecule has 0 aliphatic heterocycles. The monoisotopic (exact) mass is 474 g/mol. The number of sulfonamides is 1. The largest absolute Gasteiger partial charge is 0.478 e. The lowest BCUT2D eigenvalue weighted by Crippen LogP contribution is -2.38. The lowest BCUT2D eigenvalue weighted by molar-refractivity contribution is -0.132. The van der Waals surface area contributed by atoms with Gasteiger partial charge in [-0.15, -0.1) is 0 Å². The summed E-state index contributed by atoms with van der Waals surface area (Å²) >= 11 is 0. The molecule has 1 unspecified atom stereocenters. The van der Waals surface area contributed by atoms with Crippen LogP contribution in [0.1, 0.15) is 48.4 Å². The Morgan fingerprint density at radius 2 is 1.79 bits per heavy atom. The lowest BCUT2D eigenvalue weighted by atomic mass is 9.87. The molecule has 6 nitrogen and oxygen atoms in total. The first kappa shape index (κ1) is 22.3. The zero-order chi connectivity index (χ0) is 23.9. The van der Waals surface area contributed by atoms with Gasteiger partial charge in [0.05, 0.1) is 10.9 Å². The Hall–Kier alpha value is -3.45. The van der Waals surface area contributed by atoms with Crippen LogP contribution in [0.15, 0.2) is 77.4 Å². The summed E-state index contributed by atoms with van der Waals surface area (Å²) in [7, 11) is -3.97. The number of aryl methyl sites for hydroxylation is 2. The van der Waals surface area contributed by atoms with Gasteiger partial charge in [-0.2, -0.15) is 0 Å². The molecule has 0 bridgehead atoms.